The van der Waals surface area contributed by atoms with E-state index in [2.05, 4.69) is 51.2 Å². The monoisotopic (exact) mass is 519 g/mol. The smallest absolute Gasteiger partial charge is 0.191 e. The molecule has 3 heterocycles. The third-order valence-electron chi connectivity index (χ3n) is 4.55. The highest BCUT2D eigenvalue weighted by molar-refractivity contribution is 14.0. The van der Waals surface area contributed by atoms with Gasteiger partial charge in [0.1, 0.15) is 5.82 Å². The van der Waals surface area contributed by atoms with Gasteiger partial charge < -0.3 is 15.5 Å². The van der Waals surface area contributed by atoms with E-state index in [0.29, 0.717) is 17.0 Å². The molecule has 1 aliphatic heterocycles. The van der Waals surface area contributed by atoms with Gasteiger partial charge >= 0.3 is 0 Å². The number of nitrogens with one attached hydrogen (secondary N) is 2. The molecular formula is C19H27ClIN5S. The summed E-state index contributed by atoms with van der Waals surface area (Å²) in [5, 5.41) is 12.0. The highest BCUT2D eigenvalue weighted by Crippen LogP contribution is 2.25. The molecule has 2 atom stereocenters. The molecule has 0 radical (unpaired) electrons. The van der Waals surface area contributed by atoms with Crippen LogP contribution in [0.2, 0.25) is 5.02 Å². The van der Waals surface area contributed by atoms with Crippen molar-refractivity contribution in [1.29, 1.82) is 0 Å². The lowest BCUT2D eigenvalue weighted by molar-refractivity contribution is 0.645. The Kier molecular flexibility index (Phi) is 9.11. The number of nitrogens with zero attached hydrogens (tertiary/aromatic N) is 3. The number of rotatable bonds is 6. The largest absolute Gasteiger partial charge is 0.357 e. The van der Waals surface area contributed by atoms with Crippen LogP contribution in [0.5, 0.6) is 0 Å². The highest BCUT2D eigenvalue weighted by atomic mass is 127. The summed E-state index contributed by atoms with van der Waals surface area (Å²) in [6.07, 6.45) is 2.83. The first kappa shape index (κ1) is 22.2. The van der Waals surface area contributed by atoms with Gasteiger partial charge in [-0.2, -0.15) is 11.3 Å². The second kappa shape index (κ2) is 11.1. The van der Waals surface area contributed by atoms with Gasteiger partial charge in [-0.05, 0) is 47.9 Å². The van der Waals surface area contributed by atoms with Gasteiger partial charge in [0.25, 0.3) is 0 Å². The minimum absolute atomic E-state index is 0. The van der Waals surface area contributed by atoms with Crippen LogP contribution < -0.4 is 15.5 Å². The number of anilines is 1. The van der Waals surface area contributed by atoms with E-state index in [0.717, 1.165) is 44.4 Å². The zero-order valence-electron chi connectivity index (χ0n) is 15.7. The van der Waals surface area contributed by atoms with Crippen LogP contribution in [0.4, 0.5) is 5.82 Å². The van der Waals surface area contributed by atoms with Crippen LogP contribution in [0, 0.1) is 0 Å². The average molecular weight is 520 g/mol. The molecule has 0 aliphatic carbocycles. The molecule has 2 N–H and O–H groups in total. The molecule has 0 saturated carbocycles. The topological polar surface area (TPSA) is 52.6 Å². The zero-order valence-corrected chi connectivity index (χ0v) is 19.6. The molecule has 2 aromatic rings. The molecule has 27 heavy (non-hydrogen) atoms. The van der Waals surface area contributed by atoms with E-state index in [1.54, 1.807) is 17.5 Å². The number of aromatic nitrogens is 1. The van der Waals surface area contributed by atoms with Gasteiger partial charge in [-0.25, -0.2) is 4.98 Å². The maximum Gasteiger partial charge on any atom is 0.191 e. The predicted molar refractivity (Wildman–Crippen MR) is 127 cm³/mol. The fourth-order valence-electron chi connectivity index (χ4n) is 3.08. The summed E-state index contributed by atoms with van der Waals surface area (Å²) in [6, 6.07) is 6.27. The van der Waals surface area contributed by atoms with E-state index in [9.17, 15) is 0 Å². The van der Waals surface area contributed by atoms with Crippen molar-refractivity contribution in [1.82, 2.24) is 15.6 Å². The van der Waals surface area contributed by atoms with Crippen molar-refractivity contribution in [2.24, 2.45) is 4.99 Å². The first-order valence-electron chi connectivity index (χ1n) is 9.09. The van der Waals surface area contributed by atoms with Crippen molar-refractivity contribution in [2.45, 2.75) is 32.2 Å². The predicted octanol–water partition coefficient (Wildman–Crippen LogP) is 4.35. The molecule has 8 heteroatoms. The molecule has 2 aromatic heterocycles. The summed E-state index contributed by atoms with van der Waals surface area (Å²) >= 11 is 8.02. The van der Waals surface area contributed by atoms with Gasteiger partial charge in [0.05, 0.1) is 5.02 Å². The van der Waals surface area contributed by atoms with Crippen LogP contribution in [0.15, 0.2) is 40.1 Å². The summed E-state index contributed by atoms with van der Waals surface area (Å²) in [6.45, 7) is 7.75. The van der Waals surface area contributed by atoms with Crippen LogP contribution in [0.1, 0.15) is 31.7 Å². The van der Waals surface area contributed by atoms with Crippen molar-refractivity contribution >= 4 is 58.7 Å². The Hall–Kier alpha value is -1.06. The van der Waals surface area contributed by atoms with Gasteiger partial charge in [0, 0.05) is 44.3 Å². The second-order valence-corrected chi connectivity index (χ2v) is 7.75. The van der Waals surface area contributed by atoms with Crippen molar-refractivity contribution in [3.63, 3.8) is 0 Å². The number of halogens is 2. The van der Waals surface area contributed by atoms with Crippen LogP contribution in [-0.2, 0) is 0 Å². The van der Waals surface area contributed by atoms with E-state index in [1.165, 1.54) is 5.56 Å². The maximum absolute atomic E-state index is 6.28. The Balaban J connectivity index is 0.00000261. The molecule has 0 bridgehead atoms. The van der Waals surface area contributed by atoms with Gasteiger partial charge in [-0.3, -0.25) is 4.99 Å². The summed E-state index contributed by atoms with van der Waals surface area (Å²) in [5.41, 5.74) is 1.35. The van der Waals surface area contributed by atoms with Crippen molar-refractivity contribution < 1.29 is 0 Å². The SMILES string of the molecule is CCNC(=NCC(C)c1ccsc1)NC1CCN(c2ncccc2Cl)C1.I. The lowest BCUT2D eigenvalue weighted by Gasteiger charge is -2.20. The summed E-state index contributed by atoms with van der Waals surface area (Å²) < 4.78 is 0. The molecule has 0 amide bonds. The molecule has 1 aliphatic rings. The van der Waals surface area contributed by atoms with Crippen LogP contribution >= 0.6 is 46.9 Å². The Bertz CT molecular complexity index is 725. The Morgan fingerprint density at radius 1 is 1.48 bits per heavy atom. The van der Waals surface area contributed by atoms with Gasteiger partial charge in [-0.1, -0.05) is 18.5 Å². The summed E-state index contributed by atoms with van der Waals surface area (Å²) in [4.78, 5) is 11.4. The van der Waals surface area contributed by atoms with Crippen LogP contribution in [0.25, 0.3) is 0 Å². The number of pyridine rings is 1. The molecule has 1 fully saturated rings. The van der Waals surface area contributed by atoms with Crippen LogP contribution in [-0.4, -0.2) is 43.2 Å². The molecule has 0 aromatic carbocycles. The average Bonchev–Trinajstić information content (AvgIpc) is 3.32. The number of hydrogen-bond donors (Lipinski definition) is 2. The summed E-state index contributed by atoms with van der Waals surface area (Å²) in [7, 11) is 0. The highest BCUT2D eigenvalue weighted by Gasteiger charge is 2.25. The van der Waals surface area contributed by atoms with Gasteiger partial charge in [0.15, 0.2) is 5.96 Å². The maximum atomic E-state index is 6.28. The molecule has 148 valence electrons. The lowest BCUT2D eigenvalue weighted by atomic mass is 10.1. The Labute approximate surface area is 187 Å². The van der Waals surface area contributed by atoms with E-state index in [4.69, 9.17) is 16.6 Å². The number of guanidine groups is 1. The molecule has 1 saturated heterocycles. The van der Waals surface area contributed by atoms with Crippen molar-refractivity contribution in [3.8, 4) is 0 Å². The molecule has 2 unspecified atom stereocenters. The molecule has 5 nitrogen and oxygen atoms in total. The summed E-state index contributed by atoms with van der Waals surface area (Å²) in [5.74, 6) is 2.17. The Morgan fingerprint density at radius 2 is 2.33 bits per heavy atom. The van der Waals surface area contributed by atoms with Gasteiger partial charge in [0.2, 0.25) is 0 Å². The first-order valence-corrected chi connectivity index (χ1v) is 10.4. The van der Waals surface area contributed by atoms with E-state index in [-0.39, 0.29) is 24.0 Å². The van der Waals surface area contributed by atoms with Gasteiger partial charge in [-0.15, -0.1) is 24.0 Å². The van der Waals surface area contributed by atoms with Crippen LogP contribution in [0.3, 0.4) is 0 Å². The quantitative estimate of drug-likeness (QED) is 0.338. The fourth-order valence-corrected chi connectivity index (χ4v) is 4.11. The Morgan fingerprint density at radius 3 is 3.04 bits per heavy atom. The van der Waals surface area contributed by atoms with Crippen molar-refractivity contribution in [2.75, 3.05) is 31.1 Å². The molecule has 0 spiro atoms. The number of thiophene rings is 1. The minimum atomic E-state index is 0. The molecular weight excluding hydrogens is 493 g/mol. The zero-order chi connectivity index (χ0) is 18.4. The minimum Gasteiger partial charge on any atom is -0.357 e. The van der Waals surface area contributed by atoms with E-state index >= 15 is 0 Å². The third kappa shape index (κ3) is 6.22. The normalized spacial score (nSPS) is 18.1. The first-order chi connectivity index (χ1) is 12.7. The second-order valence-electron chi connectivity index (χ2n) is 6.56. The number of hydrogen-bond acceptors (Lipinski definition) is 4. The third-order valence-corrected chi connectivity index (χ3v) is 5.54. The lowest BCUT2D eigenvalue weighted by Crippen LogP contribution is -2.44. The fraction of sp³-hybridized carbons (Fsp3) is 0.474. The number of aliphatic imine (C=N–C) groups is 1. The standard InChI is InChI=1S/C19H26ClN5S.HI/c1-3-21-19(23-11-14(2)15-7-10-26-13-15)24-16-6-9-25(12-16)18-17(20)5-4-8-22-18;/h4-5,7-8,10,13-14,16H,3,6,9,11-12H2,1-2H3,(H2,21,23,24);1H. The van der Waals surface area contributed by atoms with Crippen molar-refractivity contribution in [3.05, 3.63) is 45.7 Å². The van der Waals surface area contributed by atoms with E-state index < -0.39 is 0 Å². The van der Waals surface area contributed by atoms with E-state index in [1.807, 2.05) is 12.1 Å². The molecule has 3 rings (SSSR count).